The van der Waals surface area contributed by atoms with Gasteiger partial charge in [0.15, 0.2) is 0 Å². The third kappa shape index (κ3) is 6.63. The maximum Gasteiger partial charge on any atom is 0.122 e. The van der Waals surface area contributed by atoms with E-state index in [4.69, 9.17) is 14.2 Å². The molecule has 0 spiro atoms. The van der Waals surface area contributed by atoms with Crippen LogP contribution < -0.4 is 19.5 Å². The average molecular weight is 425 g/mol. The smallest absolute Gasteiger partial charge is 0.122 e. The number of hydrogen-bond donors (Lipinski definition) is 1. The van der Waals surface area contributed by atoms with E-state index >= 15 is 0 Å². The standard InChI is InChI=1S/C26H36N2O3/c1-20(2)26(19-27,22-16-24(30-4)18-25(17-22)31-5)12-8-14-28-13-7-10-21-9-6-11-23(15-21)29-3/h6,9,11,15-18,20,28H,7-8,10,12-14H2,1-5H3. The van der Waals surface area contributed by atoms with Gasteiger partial charge in [-0.1, -0.05) is 26.0 Å². The van der Waals surface area contributed by atoms with Crippen LogP contribution in [0, 0.1) is 17.2 Å². The summed E-state index contributed by atoms with van der Waals surface area (Å²) in [7, 11) is 4.97. The van der Waals surface area contributed by atoms with Crippen molar-refractivity contribution in [3.05, 3.63) is 53.6 Å². The molecule has 2 aromatic rings. The Hall–Kier alpha value is -2.71. The first-order valence-electron chi connectivity index (χ1n) is 11.0. The van der Waals surface area contributed by atoms with E-state index < -0.39 is 5.41 Å². The Labute approximate surface area is 187 Å². The van der Waals surface area contributed by atoms with Gasteiger partial charge in [-0.05, 0) is 80.1 Å². The first kappa shape index (κ1) is 24.6. The number of benzene rings is 2. The van der Waals surface area contributed by atoms with Crippen LogP contribution >= 0.6 is 0 Å². The molecule has 168 valence electrons. The van der Waals surface area contributed by atoms with E-state index in [0.717, 1.165) is 50.1 Å². The van der Waals surface area contributed by atoms with Gasteiger partial charge >= 0.3 is 0 Å². The third-order valence-electron chi connectivity index (χ3n) is 5.93. The SMILES string of the molecule is COc1cccc(CCCNCCCC(C#N)(c2cc(OC)cc(OC)c2)C(C)C)c1. The van der Waals surface area contributed by atoms with Crippen LogP contribution in [0.5, 0.6) is 17.2 Å². The molecule has 0 radical (unpaired) electrons. The van der Waals surface area contributed by atoms with Crippen molar-refractivity contribution < 1.29 is 14.2 Å². The van der Waals surface area contributed by atoms with Gasteiger partial charge in [-0.25, -0.2) is 0 Å². The number of nitrogens with one attached hydrogen (secondary N) is 1. The number of aryl methyl sites for hydroxylation is 1. The lowest BCUT2D eigenvalue weighted by Crippen LogP contribution is -2.32. The monoisotopic (exact) mass is 424 g/mol. The lowest BCUT2D eigenvalue weighted by molar-refractivity contribution is 0.348. The van der Waals surface area contributed by atoms with Crippen molar-refractivity contribution in [3.63, 3.8) is 0 Å². The van der Waals surface area contributed by atoms with Crippen LogP contribution in [0.1, 0.15) is 44.2 Å². The Kier molecular flexibility index (Phi) is 9.68. The first-order chi connectivity index (χ1) is 15.0. The fourth-order valence-electron chi connectivity index (χ4n) is 3.94. The average Bonchev–Trinajstić information content (AvgIpc) is 2.80. The molecule has 1 atom stereocenters. The van der Waals surface area contributed by atoms with Crippen LogP contribution in [0.25, 0.3) is 0 Å². The van der Waals surface area contributed by atoms with Crippen molar-refractivity contribution in [3.8, 4) is 23.3 Å². The Morgan fingerprint density at radius 2 is 1.55 bits per heavy atom. The van der Waals surface area contributed by atoms with Gasteiger partial charge in [0, 0.05) is 6.07 Å². The fourth-order valence-corrected chi connectivity index (χ4v) is 3.94. The molecule has 31 heavy (non-hydrogen) atoms. The number of ether oxygens (including phenoxy) is 3. The second-order valence-corrected chi connectivity index (χ2v) is 8.15. The van der Waals surface area contributed by atoms with Gasteiger partial charge in [0.05, 0.1) is 32.8 Å². The van der Waals surface area contributed by atoms with Crippen LogP contribution in [-0.2, 0) is 11.8 Å². The van der Waals surface area contributed by atoms with E-state index in [2.05, 4.69) is 37.4 Å². The van der Waals surface area contributed by atoms with Gasteiger partial charge in [-0.3, -0.25) is 0 Å². The van der Waals surface area contributed by atoms with E-state index in [-0.39, 0.29) is 5.92 Å². The summed E-state index contributed by atoms with van der Waals surface area (Å²) in [5.74, 6) is 2.50. The Balaban J connectivity index is 1.90. The van der Waals surface area contributed by atoms with Crippen LogP contribution in [-0.4, -0.2) is 34.4 Å². The van der Waals surface area contributed by atoms with E-state index in [1.165, 1.54) is 5.56 Å². The van der Waals surface area contributed by atoms with Gasteiger partial charge in [-0.15, -0.1) is 0 Å². The van der Waals surface area contributed by atoms with Gasteiger partial charge in [0.25, 0.3) is 0 Å². The zero-order valence-corrected chi connectivity index (χ0v) is 19.5. The molecular formula is C26H36N2O3. The van der Waals surface area contributed by atoms with Crippen LogP contribution in [0.4, 0.5) is 0 Å². The highest BCUT2D eigenvalue weighted by Gasteiger charge is 2.36. The zero-order chi connectivity index (χ0) is 22.7. The number of methoxy groups -OCH3 is 3. The molecule has 1 N–H and O–H groups in total. The van der Waals surface area contributed by atoms with Crippen LogP contribution in [0.3, 0.4) is 0 Å². The number of nitrogens with zero attached hydrogens (tertiary/aromatic N) is 1. The summed E-state index contributed by atoms with van der Waals surface area (Å²) in [6.07, 6.45) is 3.78. The highest BCUT2D eigenvalue weighted by atomic mass is 16.5. The minimum absolute atomic E-state index is 0.169. The maximum atomic E-state index is 10.2. The first-order valence-corrected chi connectivity index (χ1v) is 11.0. The zero-order valence-electron chi connectivity index (χ0n) is 19.5. The van der Waals surface area contributed by atoms with Gasteiger partial charge in [0.1, 0.15) is 17.2 Å². The summed E-state index contributed by atoms with van der Waals surface area (Å²) in [6.45, 7) is 6.05. The summed E-state index contributed by atoms with van der Waals surface area (Å²) >= 11 is 0. The second kappa shape index (κ2) is 12.2. The summed E-state index contributed by atoms with van der Waals surface area (Å²) in [4.78, 5) is 0. The number of rotatable bonds is 13. The Morgan fingerprint density at radius 1 is 0.903 bits per heavy atom. The lowest BCUT2D eigenvalue weighted by Gasteiger charge is -2.32. The predicted octanol–water partition coefficient (Wildman–Crippen LogP) is 5.13. The summed E-state index contributed by atoms with van der Waals surface area (Å²) in [5, 5.41) is 13.7. The van der Waals surface area contributed by atoms with Crippen molar-refractivity contribution in [1.29, 1.82) is 5.26 Å². The molecule has 2 aromatic carbocycles. The topological polar surface area (TPSA) is 63.5 Å². The molecule has 5 nitrogen and oxygen atoms in total. The van der Waals surface area contributed by atoms with Gasteiger partial charge in [-0.2, -0.15) is 5.26 Å². The third-order valence-corrected chi connectivity index (χ3v) is 5.93. The maximum absolute atomic E-state index is 10.2. The number of nitriles is 1. The molecule has 0 aliphatic rings. The summed E-state index contributed by atoms with van der Waals surface area (Å²) in [6, 6.07) is 16.6. The normalized spacial score (nSPS) is 12.8. The molecule has 2 rings (SSSR count). The quantitative estimate of drug-likeness (QED) is 0.452. The molecule has 0 aliphatic carbocycles. The number of hydrogen-bond acceptors (Lipinski definition) is 5. The molecule has 0 saturated heterocycles. The van der Waals surface area contributed by atoms with Crippen molar-refractivity contribution in [2.75, 3.05) is 34.4 Å². The van der Waals surface area contributed by atoms with Crippen molar-refractivity contribution in [2.45, 2.75) is 44.9 Å². The van der Waals surface area contributed by atoms with Gasteiger partial charge in [0.2, 0.25) is 0 Å². The van der Waals surface area contributed by atoms with Crippen molar-refractivity contribution in [1.82, 2.24) is 5.32 Å². The highest BCUT2D eigenvalue weighted by molar-refractivity contribution is 5.45. The molecule has 0 aromatic heterocycles. The van der Waals surface area contributed by atoms with E-state index in [1.807, 2.05) is 30.3 Å². The van der Waals surface area contributed by atoms with Crippen LogP contribution in [0.2, 0.25) is 0 Å². The largest absolute Gasteiger partial charge is 0.497 e. The van der Waals surface area contributed by atoms with Crippen molar-refractivity contribution in [2.24, 2.45) is 5.92 Å². The Bertz CT molecular complexity index is 838. The highest BCUT2D eigenvalue weighted by Crippen LogP contribution is 2.39. The second-order valence-electron chi connectivity index (χ2n) is 8.15. The van der Waals surface area contributed by atoms with E-state index in [9.17, 15) is 5.26 Å². The fraction of sp³-hybridized carbons (Fsp3) is 0.500. The molecule has 5 heteroatoms. The van der Waals surface area contributed by atoms with Gasteiger partial charge < -0.3 is 19.5 Å². The molecule has 0 amide bonds. The van der Waals surface area contributed by atoms with E-state index in [0.29, 0.717) is 11.5 Å². The Morgan fingerprint density at radius 3 is 2.13 bits per heavy atom. The van der Waals surface area contributed by atoms with Crippen LogP contribution in [0.15, 0.2) is 42.5 Å². The lowest BCUT2D eigenvalue weighted by atomic mass is 9.69. The molecule has 1 unspecified atom stereocenters. The molecule has 0 aliphatic heterocycles. The van der Waals surface area contributed by atoms with E-state index in [1.54, 1.807) is 21.3 Å². The predicted molar refractivity (Wildman–Crippen MR) is 125 cm³/mol. The molecule has 0 saturated carbocycles. The minimum Gasteiger partial charge on any atom is -0.497 e. The summed E-state index contributed by atoms with van der Waals surface area (Å²) < 4.78 is 16.1. The summed E-state index contributed by atoms with van der Waals surface area (Å²) in [5.41, 5.74) is 1.67. The molecule has 0 heterocycles. The minimum atomic E-state index is -0.579. The molecule has 0 bridgehead atoms. The molecular weight excluding hydrogens is 388 g/mol. The van der Waals surface area contributed by atoms with Crippen molar-refractivity contribution >= 4 is 0 Å². The molecule has 0 fully saturated rings.